The van der Waals surface area contributed by atoms with Gasteiger partial charge in [-0.3, -0.25) is 9.59 Å². The van der Waals surface area contributed by atoms with Gasteiger partial charge in [-0.2, -0.15) is 0 Å². The lowest BCUT2D eigenvalue weighted by Crippen LogP contribution is -2.26. The number of rotatable bonds is 10. The van der Waals surface area contributed by atoms with Gasteiger partial charge in [-0.1, -0.05) is 85.0 Å². The minimum atomic E-state index is -0.907. The summed E-state index contributed by atoms with van der Waals surface area (Å²) in [5.74, 6) is -3.44. The van der Waals surface area contributed by atoms with E-state index in [2.05, 4.69) is 0 Å². The molecular formula is C24H34O5S2. The van der Waals surface area contributed by atoms with Crippen LogP contribution in [0.5, 0.6) is 5.75 Å². The normalized spacial score (nSPS) is 15.6. The highest BCUT2D eigenvalue weighted by atomic mass is 32.1. The molecule has 0 bridgehead atoms. The Labute approximate surface area is 195 Å². The summed E-state index contributed by atoms with van der Waals surface area (Å²) in [6.07, 6.45) is 0.697. The number of carbonyl (C=O) groups is 2. The zero-order chi connectivity index (χ0) is 24.3. The zero-order valence-corrected chi connectivity index (χ0v) is 21.0. The number of carboxylic acid groups (broad SMARTS) is 2. The average Bonchev–Trinajstić information content (AvgIpc) is 2.66. The SMILES string of the molecule is CC(C(=O)O)C(C)C(=S)Cc1cc(CC(=S)C(C)C(C)C(=O)O)c(O)c(C(C)(C)C)c1. The number of benzene rings is 1. The molecule has 1 aromatic carbocycles. The first kappa shape index (κ1) is 27.2. The minimum absolute atomic E-state index is 0.159. The molecule has 4 unspecified atom stereocenters. The number of thiocarbonyl (C=S) groups is 2. The average molecular weight is 467 g/mol. The molecule has 1 rings (SSSR count). The van der Waals surface area contributed by atoms with Gasteiger partial charge in [-0.25, -0.2) is 0 Å². The van der Waals surface area contributed by atoms with E-state index < -0.39 is 23.8 Å². The van der Waals surface area contributed by atoms with Crippen molar-refractivity contribution >= 4 is 46.1 Å². The second kappa shape index (κ2) is 10.6. The van der Waals surface area contributed by atoms with Crippen molar-refractivity contribution in [3.8, 4) is 5.75 Å². The molecule has 172 valence electrons. The van der Waals surface area contributed by atoms with Crippen LogP contribution in [0.15, 0.2) is 12.1 Å². The molecule has 0 heterocycles. The fourth-order valence-corrected chi connectivity index (χ4v) is 4.00. The van der Waals surface area contributed by atoms with Crippen LogP contribution in [0, 0.1) is 23.7 Å². The Morgan fingerprint density at radius 1 is 0.839 bits per heavy atom. The number of phenolic OH excluding ortho intramolecular Hbond substituents is 1. The number of carboxylic acids is 2. The number of aromatic hydroxyl groups is 1. The van der Waals surface area contributed by atoms with Crippen molar-refractivity contribution in [3.05, 3.63) is 28.8 Å². The fraction of sp³-hybridized carbons (Fsp3) is 0.583. The van der Waals surface area contributed by atoms with Gasteiger partial charge in [0, 0.05) is 34.4 Å². The van der Waals surface area contributed by atoms with Crippen molar-refractivity contribution in [3.63, 3.8) is 0 Å². The number of hydrogen-bond donors (Lipinski definition) is 3. The third kappa shape index (κ3) is 7.07. The molecule has 3 N–H and O–H groups in total. The summed E-state index contributed by atoms with van der Waals surface area (Å²) in [6.45, 7) is 12.9. The van der Waals surface area contributed by atoms with Gasteiger partial charge in [0.15, 0.2) is 0 Å². The maximum absolute atomic E-state index is 11.3. The Balaban J connectivity index is 3.31. The van der Waals surface area contributed by atoms with Crippen molar-refractivity contribution in [2.24, 2.45) is 23.7 Å². The number of aliphatic carboxylic acids is 2. The van der Waals surface area contributed by atoms with Gasteiger partial charge >= 0.3 is 11.9 Å². The molecule has 0 fully saturated rings. The van der Waals surface area contributed by atoms with Crippen molar-refractivity contribution in [1.29, 1.82) is 0 Å². The highest BCUT2D eigenvalue weighted by Gasteiger charge is 2.27. The second-order valence-electron chi connectivity index (χ2n) is 9.52. The van der Waals surface area contributed by atoms with Crippen LogP contribution in [0.2, 0.25) is 0 Å². The quantitative estimate of drug-likeness (QED) is 0.407. The van der Waals surface area contributed by atoms with Gasteiger partial charge in [-0.15, -0.1) is 0 Å². The van der Waals surface area contributed by atoms with E-state index in [1.165, 1.54) is 0 Å². The third-order valence-electron chi connectivity index (χ3n) is 6.09. The van der Waals surface area contributed by atoms with Crippen molar-refractivity contribution < 1.29 is 24.9 Å². The highest BCUT2D eigenvalue weighted by Crippen LogP contribution is 2.36. The van der Waals surface area contributed by atoms with Crippen LogP contribution in [0.4, 0.5) is 0 Å². The van der Waals surface area contributed by atoms with E-state index >= 15 is 0 Å². The lowest BCUT2D eigenvalue weighted by molar-refractivity contribution is -0.142. The summed E-state index contributed by atoms with van der Waals surface area (Å²) < 4.78 is 0. The van der Waals surface area contributed by atoms with Crippen LogP contribution in [0.1, 0.15) is 65.2 Å². The molecule has 7 heteroatoms. The summed E-state index contributed by atoms with van der Waals surface area (Å²) in [7, 11) is 0. The van der Waals surface area contributed by atoms with E-state index in [1.54, 1.807) is 20.8 Å². The molecule has 0 saturated carbocycles. The predicted molar refractivity (Wildman–Crippen MR) is 131 cm³/mol. The molecule has 0 spiro atoms. The van der Waals surface area contributed by atoms with E-state index in [0.29, 0.717) is 21.7 Å². The standard InChI is InChI=1S/C24H34O5S2/c1-12(14(3)22(26)27)19(30)10-16-8-17(21(25)18(9-16)24(5,6)7)11-20(31)13(2)15(4)23(28)29/h8-9,12-15,25H,10-11H2,1-7H3,(H,26,27)(H,28,29). The van der Waals surface area contributed by atoms with E-state index in [4.69, 9.17) is 24.4 Å². The zero-order valence-electron chi connectivity index (χ0n) is 19.4. The second-order valence-corrected chi connectivity index (χ2v) is 10.6. The minimum Gasteiger partial charge on any atom is -0.507 e. The summed E-state index contributed by atoms with van der Waals surface area (Å²) in [6, 6.07) is 3.76. The molecule has 0 aliphatic carbocycles. The van der Waals surface area contributed by atoms with Gasteiger partial charge in [0.2, 0.25) is 0 Å². The predicted octanol–water partition coefficient (Wildman–Crippen LogP) is 5.23. The lowest BCUT2D eigenvalue weighted by atomic mass is 9.81. The van der Waals surface area contributed by atoms with E-state index in [-0.39, 0.29) is 29.4 Å². The molecule has 0 radical (unpaired) electrons. The van der Waals surface area contributed by atoms with Crippen LogP contribution in [0.25, 0.3) is 0 Å². The van der Waals surface area contributed by atoms with Gasteiger partial charge in [0.1, 0.15) is 5.75 Å². The molecule has 1 aromatic rings. The third-order valence-corrected chi connectivity index (χ3v) is 7.13. The summed E-state index contributed by atoms with van der Waals surface area (Å²) in [5, 5.41) is 29.5. The number of hydrogen-bond acceptors (Lipinski definition) is 5. The van der Waals surface area contributed by atoms with Crippen molar-refractivity contribution in [2.45, 2.75) is 66.7 Å². The summed E-state index contributed by atoms with van der Waals surface area (Å²) >= 11 is 11.1. The maximum Gasteiger partial charge on any atom is 0.306 e. The molecule has 4 atom stereocenters. The van der Waals surface area contributed by atoms with E-state index in [0.717, 1.165) is 11.1 Å². The summed E-state index contributed by atoms with van der Waals surface area (Å²) in [4.78, 5) is 23.9. The molecule has 0 saturated heterocycles. The topological polar surface area (TPSA) is 94.8 Å². The monoisotopic (exact) mass is 466 g/mol. The maximum atomic E-state index is 11.3. The Hall–Kier alpha value is -1.86. The van der Waals surface area contributed by atoms with Crippen LogP contribution < -0.4 is 0 Å². The smallest absolute Gasteiger partial charge is 0.306 e. The largest absolute Gasteiger partial charge is 0.507 e. The Kier molecular flexibility index (Phi) is 9.33. The van der Waals surface area contributed by atoms with Gasteiger partial charge in [-0.05, 0) is 22.1 Å². The first-order chi connectivity index (χ1) is 14.1. The van der Waals surface area contributed by atoms with Gasteiger partial charge in [0.25, 0.3) is 0 Å². The molecule has 0 aliphatic rings. The molecule has 0 aromatic heterocycles. The van der Waals surface area contributed by atoms with Gasteiger partial charge in [0.05, 0.1) is 11.8 Å². The molecule has 5 nitrogen and oxygen atoms in total. The highest BCUT2D eigenvalue weighted by molar-refractivity contribution is 7.80. The van der Waals surface area contributed by atoms with Crippen molar-refractivity contribution in [1.82, 2.24) is 0 Å². The Morgan fingerprint density at radius 2 is 1.26 bits per heavy atom. The van der Waals surface area contributed by atoms with Crippen molar-refractivity contribution in [2.75, 3.05) is 0 Å². The van der Waals surface area contributed by atoms with E-state index in [1.807, 2.05) is 39.8 Å². The number of phenols is 1. The Morgan fingerprint density at radius 3 is 1.65 bits per heavy atom. The molecule has 0 amide bonds. The molecule has 31 heavy (non-hydrogen) atoms. The Bertz CT molecular complexity index is 869. The lowest BCUT2D eigenvalue weighted by Gasteiger charge is -2.25. The van der Waals surface area contributed by atoms with Crippen LogP contribution in [-0.2, 0) is 27.8 Å². The van der Waals surface area contributed by atoms with Crippen LogP contribution in [0.3, 0.4) is 0 Å². The molecule has 0 aliphatic heterocycles. The van der Waals surface area contributed by atoms with E-state index in [9.17, 15) is 24.9 Å². The molecular weight excluding hydrogens is 432 g/mol. The van der Waals surface area contributed by atoms with Crippen LogP contribution in [-0.4, -0.2) is 37.0 Å². The summed E-state index contributed by atoms with van der Waals surface area (Å²) in [5.41, 5.74) is 1.94. The van der Waals surface area contributed by atoms with Gasteiger partial charge < -0.3 is 15.3 Å². The fourth-order valence-electron chi connectivity index (χ4n) is 3.27. The van der Waals surface area contributed by atoms with Crippen LogP contribution >= 0.6 is 24.4 Å². The first-order valence-electron chi connectivity index (χ1n) is 10.4. The first-order valence-corrected chi connectivity index (χ1v) is 11.3.